The van der Waals surface area contributed by atoms with Gasteiger partial charge in [0, 0.05) is 25.8 Å². The molecule has 8 heteroatoms. The van der Waals surface area contributed by atoms with Crippen LogP contribution in [0.3, 0.4) is 0 Å². The van der Waals surface area contributed by atoms with E-state index in [0.717, 1.165) is 24.5 Å². The molecule has 1 fully saturated rings. The largest absolute Gasteiger partial charge is 0.496 e. The predicted molar refractivity (Wildman–Crippen MR) is 118 cm³/mol. The number of pyridine rings is 1. The van der Waals surface area contributed by atoms with Crippen LogP contribution in [0.1, 0.15) is 29.8 Å². The molecule has 1 saturated heterocycles. The molecule has 1 aliphatic rings. The van der Waals surface area contributed by atoms with E-state index in [0.29, 0.717) is 31.1 Å². The minimum atomic E-state index is -0.669. The highest BCUT2D eigenvalue weighted by atomic mass is 16.5. The summed E-state index contributed by atoms with van der Waals surface area (Å²) in [7, 11) is 1.51. The van der Waals surface area contributed by atoms with Crippen LogP contribution in [-0.4, -0.2) is 56.3 Å². The number of methoxy groups -OCH3 is 1. The third-order valence-corrected chi connectivity index (χ3v) is 5.20. The topological polar surface area (TPSA) is 92.8 Å². The monoisotopic (exact) mass is 426 g/mol. The van der Waals surface area contributed by atoms with E-state index in [1.165, 1.54) is 7.11 Å². The maximum Gasteiger partial charge on any atom is 0.255 e. The van der Waals surface area contributed by atoms with Crippen LogP contribution in [0.15, 0.2) is 42.6 Å². The number of benzene rings is 1. The maximum atomic E-state index is 12.8. The molecule has 2 heterocycles. The number of carbonyl (C=O) groups is 2. The van der Waals surface area contributed by atoms with Gasteiger partial charge in [-0.1, -0.05) is 32.0 Å². The van der Waals surface area contributed by atoms with Crippen molar-refractivity contribution in [1.82, 2.24) is 15.6 Å². The van der Waals surface area contributed by atoms with Gasteiger partial charge in [-0.25, -0.2) is 4.98 Å². The summed E-state index contributed by atoms with van der Waals surface area (Å²) in [5, 5.41) is 5.74. The van der Waals surface area contributed by atoms with Crippen molar-refractivity contribution in [2.75, 3.05) is 38.3 Å². The van der Waals surface area contributed by atoms with Crippen LogP contribution in [0.25, 0.3) is 0 Å². The number of hydrogen-bond donors (Lipinski definition) is 2. The number of aromatic nitrogens is 1. The first-order chi connectivity index (χ1) is 15.0. The lowest BCUT2D eigenvalue weighted by Gasteiger charge is -2.27. The molecule has 2 aromatic rings. The van der Waals surface area contributed by atoms with Crippen molar-refractivity contribution in [3.63, 3.8) is 0 Å². The van der Waals surface area contributed by atoms with Gasteiger partial charge in [-0.05, 0) is 29.7 Å². The Kier molecular flexibility index (Phi) is 7.83. The Morgan fingerprint density at radius 1 is 1.16 bits per heavy atom. The first-order valence-electron chi connectivity index (χ1n) is 10.5. The number of ether oxygens (including phenoxy) is 2. The smallest absolute Gasteiger partial charge is 0.255 e. The summed E-state index contributed by atoms with van der Waals surface area (Å²) in [4.78, 5) is 32.2. The highest BCUT2D eigenvalue weighted by molar-refractivity contribution is 5.99. The molecule has 1 atom stereocenters. The number of amides is 2. The molecule has 1 aromatic carbocycles. The van der Waals surface area contributed by atoms with Crippen molar-refractivity contribution < 1.29 is 19.1 Å². The molecule has 1 aliphatic heterocycles. The number of para-hydroxylation sites is 1. The van der Waals surface area contributed by atoms with Crippen LogP contribution in [0.2, 0.25) is 0 Å². The Bertz CT molecular complexity index is 879. The zero-order valence-corrected chi connectivity index (χ0v) is 18.3. The number of anilines is 1. The minimum Gasteiger partial charge on any atom is -0.496 e. The summed E-state index contributed by atoms with van der Waals surface area (Å²) in [5.74, 6) is 0.704. The van der Waals surface area contributed by atoms with Crippen LogP contribution in [0, 0.1) is 5.92 Å². The lowest BCUT2D eigenvalue weighted by Crippen LogP contribution is -2.49. The van der Waals surface area contributed by atoms with Gasteiger partial charge < -0.3 is 25.0 Å². The first kappa shape index (κ1) is 22.6. The van der Waals surface area contributed by atoms with Crippen molar-refractivity contribution in [3.8, 4) is 5.75 Å². The fourth-order valence-corrected chi connectivity index (χ4v) is 3.39. The molecule has 8 nitrogen and oxygen atoms in total. The van der Waals surface area contributed by atoms with Crippen molar-refractivity contribution in [1.29, 1.82) is 0 Å². The molecule has 2 amide bonds. The van der Waals surface area contributed by atoms with Crippen molar-refractivity contribution in [2.45, 2.75) is 26.4 Å². The van der Waals surface area contributed by atoms with Crippen molar-refractivity contribution in [3.05, 3.63) is 53.7 Å². The lowest BCUT2D eigenvalue weighted by atomic mass is 10.0. The second-order valence-corrected chi connectivity index (χ2v) is 7.74. The van der Waals surface area contributed by atoms with E-state index in [1.54, 1.807) is 30.5 Å². The van der Waals surface area contributed by atoms with Crippen LogP contribution >= 0.6 is 0 Å². The summed E-state index contributed by atoms with van der Waals surface area (Å²) in [6.45, 7) is 7.18. The highest BCUT2D eigenvalue weighted by Crippen LogP contribution is 2.18. The van der Waals surface area contributed by atoms with Gasteiger partial charge in [-0.3, -0.25) is 9.59 Å². The fraction of sp³-hybridized carbons (Fsp3) is 0.435. The zero-order chi connectivity index (χ0) is 22.2. The molecule has 2 N–H and O–H groups in total. The van der Waals surface area contributed by atoms with E-state index in [1.807, 2.05) is 26.0 Å². The summed E-state index contributed by atoms with van der Waals surface area (Å²) in [5.41, 5.74) is 1.29. The molecular weight excluding hydrogens is 396 g/mol. The normalized spacial score (nSPS) is 14.8. The van der Waals surface area contributed by atoms with Gasteiger partial charge in [0.15, 0.2) is 0 Å². The summed E-state index contributed by atoms with van der Waals surface area (Å²) >= 11 is 0. The Morgan fingerprint density at radius 2 is 1.90 bits per heavy atom. The molecule has 0 spiro atoms. The molecule has 3 rings (SSSR count). The molecular formula is C23H30N4O4. The third kappa shape index (κ3) is 5.95. The van der Waals surface area contributed by atoms with Gasteiger partial charge in [-0.2, -0.15) is 0 Å². The number of hydrogen-bond acceptors (Lipinski definition) is 6. The average molecular weight is 427 g/mol. The van der Waals surface area contributed by atoms with E-state index in [4.69, 9.17) is 9.47 Å². The molecule has 1 aromatic heterocycles. The van der Waals surface area contributed by atoms with E-state index >= 15 is 0 Å². The quantitative estimate of drug-likeness (QED) is 0.671. The molecule has 0 unspecified atom stereocenters. The summed E-state index contributed by atoms with van der Waals surface area (Å²) in [6, 6.07) is 10.2. The first-order valence-corrected chi connectivity index (χ1v) is 10.5. The van der Waals surface area contributed by atoms with E-state index in [9.17, 15) is 9.59 Å². The zero-order valence-electron chi connectivity index (χ0n) is 18.3. The molecule has 0 aliphatic carbocycles. The van der Waals surface area contributed by atoms with Gasteiger partial charge in [0.25, 0.3) is 5.91 Å². The van der Waals surface area contributed by atoms with Gasteiger partial charge in [-0.15, -0.1) is 0 Å². The summed E-state index contributed by atoms with van der Waals surface area (Å²) < 4.78 is 10.6. The van der Waals surface area contributed by atoms with Crippen molar-refractivity contribution in [2.24, 2.45) is 5.92 Å². The Labute approximate surface area is 182 Å². The molecule has 0 saturated carbocycles. The number of rotatable bonds is 8. The summed E-state index contributed by atoms with van der Waals surface area (Å²) in [6.07, 6.45) is 1.77. The average Bonchev–Trinajstić information content (AvgIpc) is 2.81. The highest BCUT2D eigenvalue weighted by Gasteiger charge is 2.25. The Morgan fingerprint density at radius 3 is 2.55 bits per heavy atom. The van der Waals surface area contributed by atoms with Crippen molar-refractivity contribution >= 4 is 17.6 Å². The molecule has 0 bridgehead atoms. The minimum absolute atomic E-state index is 0.0829. The third-order valence-electron chi connectivity index (χ3n) is 5.20. The standard InChI is InChI=1S/C23H30N4O4/c1-16(2)21(26-22(28)18-6-4-5-7-19(18)30-3)23(29)25-15-17-8-9-20(24-14-17)27-10-12-31-13-11-27/h4-9,14,16,21H,10-13,15H2,1-3H3,(H,25,29)(H,26,28)/t21-/m1/s1. The number of carbonyl (C=O) groups excluding carboxylic acids is 2. The van der Waals surface area contributed by atoms with Gasteiger partial charge in [0.05, 0.1) is 25.9 Å². The molecule has 166 valence electrons. The molecule has 0 radical (unpaired) electrons. The van der Waals surface area contributed by atoms with E-state index < -0.39 is 6.04 Å². The van der Waals surface area contributed by atoms with E-state index in [-0.39, 0.29) is 17.7 Å². The van der Waals surface area contributed by atoms with Crippen LogP contribution < -0.4 is 20.3 Å². The lowest BCUT2D eigenvalue weighted by molar-refractivity contribution is -0.124. The van der Waals surface area contributed by atoms with Gasteiger partial charge >= 0.3 is 0 Å². The van der Waals surface area contributed by atoms with Gasteiger partial charge in [0.2, 0.25) is 5.91 Å². The maximum absolute atomic E-state index is 12.8. The number of morpholine rings is 1. The Hall–Kier alpha value is -3.13. The van der Waals surface area contributed by atoms with Crippen LogP contribution in [0.5, 0.6) is 5.75 Å². The number of nitrogens with zero attached hydrogens (tertiary/aromatic N) is 2. The predicted octanol–water partition coefficient (Wildman–Crippen LogP) is 2.00. The SMILES string of the molecule is COc1ccccc1C(=O)N[C@@H](C(=O)NCc1ccc(N2CCOCC2)nc1)C(C)C. The Balaban J connectivity index is 1.58. The molecule has 31 heavy (non-hydrogen) atoms. The number of nitrogens with one attached hydrogen (secondary N) is 2. The second kappa shape index (κ2) is 10.8. The van der Waals surface area contributed by atoms with Gasteiger partial charge in [0.1, 0.15) is 17.6 Å². The second-order valence-electron chi connectivity index (χ2n) is 7.74. The van der Waals surface area contributed by atoms with Crippen LogP contribution in [0.4, 0.5) is 5.82 Å². The van der Waals surface area contributed by atoms with E-state index in [2.05, 4.69) is 20.5 Å². The van der Waals surface area contributed by atoms with Crippen LogP contribution in [-0.2, 0) is 16.1 Å². The fourth-order valence-electron chi connectivity index (χ4n) is 3.39.